The van der Waals surface area contributed by atoms with Gasteiger partial charge in [-0.3, -0.25) is 0 Å². The Morgan fingerprint density at radius 3 is 1.61 bits per heavy atom. The van der Waals surface area contributed by atoms with Gasteiger partial charge in [-0.15, -0.1) is 0 Å². The molecule has 3 aliphatic rings. The van der Waals surface area contributed by atoms with Gasteiger partial charge >= 0.3 is 0 Å². The van der Waals surface area contributed by atoms with E-state index in [0.717, 1.165) is 5.69 Å². The maximum absolute atomic E-state index is 7.21. The smallest absolute Gasteiger partial charge is 0.0726 e. The van der Waals surface area contributed by atoms with Crippen molar-refractivity contribution in [2.75, 3.05) is 5.73 Å². The van der Waals surface area contributed by atoms with Crippen LogP contribution < -0.4 is 5.73 Å². The minimum atomic E-state index is -0.363. The molecule has 0 saturated carbocycles. The van der Waals surface area contributed by atoms with E-state index in [1.54, 1.807) is 0 Å². The summed E-state index contributed by atoms with van der Waals surface area (Å²) in [6.45, 7) is 11.9. The quantitative estimate of drug-likeness (QED) is 0.210. The van der Waals surface area contributed by atoms with Gasteiger partial charge in [0.2, 0.25) is 0 Å². The first-order chi connectivity index (χ1) is 19.7. The zero-order valence-corrected chi connectivity index (χ0v) is 24.7. The van der Waals surface area contributed by atoms with Crippen molar-refractivity contribution in [3.8, 4) is 33.4 Å². The monoisotopic (exact) mass is 531 g/mol. The Labute approximate surface area is 244 Å². The van der Waals surface area contributed by atoms with E-state index in [4.69, 9.17) is 5.73 Å². The molecule has 0 amide bonds. The number of benzene rings is 5. The van der Waals surface area contributed by atoms with E-state index < -0.39 is 0 Å². The number of aryl methyl sites for hydroxylation is 1. The lowest BCUT2D eigenvalue weighted by molar-refractivity contribution is 0.332. The maximum Gasteiger partial charge on any atom is 0.0726 e. The number of nitrogens with two attached hydrogens (primary N) is 1. The molecule has 0 fully saturated rings. The van der Waals surface area contributed by atoms with Crippen molar-refractivity contribution in [1.29, 1.82) is 0 Å². The molecule has 41 heavy (non-hydrogen) atoms. The normalized spacial score (nSPS) is 17.9. The van der Waals surface area contributed by atoms with Crippen LogP contribution >= 0.6 is 0 Å². The Hall–Kier alpha value is -4.10. The van der Waals surface area contributed by atoms with E-state index in [1.807, 2.05) is 0 Å². The van der Waals surface area contributed by atoms with Crippen LogP contribution in [0.25, 0.3) is 33.4 Å². The highest BCUT2D eigenvalue weighted by Crippen LogP contribution is 2.64. The number of nitrogen functional groups attached to an aromatic ring is 1. The Balaban J connectivity index is 1.48. The summed E-state index contributed by atoms with van der Waals surface area (Å²) in [6.07, 6.45) is 2.37. The number of hydrogen-bond donors (Lipinski definition) is 1. The molecule has 5 aromatic carbocycles. The predicted octanol–water partition coefficient (Wildman–Crippen LogP) is 9.94. The molecule has 0 atom stereocenters. The number of rotatable bonds is 1. The third-order valence-electron chi connectivity index (χ3n) is 10.6. The fourth-order valence-corrected chi connectivity index (χ4v) is 8.58. The average Bonchev–Trinajstić information content (AvgIpc) is 3.42. The Kier molecular flexibility index (Phi) is 4.82. The van der Waals surface area contributed by atoms with Crippen LogP contribution in [-0.4, -0.2) is 0 Å². The van der Waals surface area contributed by atoms with E-state index in [9.17, 15) is 0 Å². The summed E-state index contributed by atoms with van der Waals surface area (Å²) in [7, 11) is 0. The van der Waals surface area contributed by atoms with Gasteiger partial charge in [0.1, 0.15) is 0 Å². The maximum atomic E-state index is 7.21. The van der Waals surface area contributed by atoms with Crippen LogP contribution in [0.2, 0.25) is 0 Å². The average molecular weight is 532 g/mol. The van der Waals surface area contributed by atoms with Crippen LogP contribution in [0.3, 0.4) is 0 Å². The van der Waals surface area contributed by atoms with Crippen LogP contribution in [0.5, 0.6) is 0 Å². The van der Waals surface area contributed by atoms with Gasteiger partial charge in [-0.05, 0) is 109 Å². The lowest BCUT2D eigenvalue weighted by atomic mass is 9.61. The molecular formula is C40H37N. The molecule has 1 spiro atoms. The van der Waals surface area contributed by atoms with Crippen molar-refractivity contribution >= 4 is 5.69 Å². The Bertz CT molecular complexity index is 1870. The minimum absolute atomic E-state index is 0.0835. The standard InChI is InChI=1S/C40H37N/c1-24-18-19-33-37(39(4,5)21-20-38(33,2)3)36(24)29-22-28-27-14-8-11-17-32(27)40(34(28)23-35(29)41)30-15-9-6-12-25(30)26-13-7-10-16-31(26)40/h6-19,22-23H,20-21,41H2,1-5H3. The van der Waals surface area contributed by atoms with Crippen LogP contribution in [0.15, 0.2) is 97.1 Å². The summed E-state index contributed by atoms with van der Waals surface area (Å²) in [6, 6.07) is 36.4. The van der Waals surface area contributed by atoms with E-state index in [1.165, 1.54) is 85.2 Å². The molecule has 3 aliphatic carbocycles. The Morgan fingerprint density at radius 2 is 1.02 bits per heavy atom. The number of anilines is 1. The second-order valence-electron chi connectivity index (χ2n) is 13.8. The predicted molar refractivity (Wildman–Crippen MR) is 173 cm³/mol. The van der Waals surface area contributed by atoms with Crippen molar-refractivity contribution in [3.63, 3.8) is 0 Å². The highest BCUT2D eigenvalue weighted by Gasteiger charge is 2.52. The first-order valence-electron chi connectivity index (χ1n) is 15.0. The molecule has 0 radical (unpaired) electrons. The van der Waals surface area contributed by atoms with Gasteiger partial charge in [-0.25, -0.2) is 0 Å². The summed E-state index contributed by atoms with van der Waals surface area (Å²) in [4.78, 5) is 0. The van der Waals surface area contributed by atoms with Gasteiger partial charge in [-0.2, -0.15) is 0 Å². The minimum Gasteiger partial charge on any atom is -0.398 e. The molecule has 8 rings (SSSR count). The second kappa shape index (κ2) is 8.01. The van der Waals surface area contributed by atoms with Crippen molar-refractivity contribution in [2.24, 2.45) is 0 Å². The highest BCUT2D eigenvalue weighted by atomic mass is 14.6. The fourth-order valence-electron chi connectivity index (χ4n) is 8.58. The van der Waals surface area contributed by atoms with Crippen LogP contribution in [0.4, 0.5) is 5.69 Å². The summed E-state index contributed by atoms with van der Waals surface area (Å²) < 4.78 is 0. The molecule has 0 aromatic heterocycles. The van der Waals surface area contributed by atoms with Crippen molar-refractivity contribution < 1.29 is 0 Å². The van der Waals surface area contributed by atoms with Crippen molar-refractivity contribution in [1.82, 2.24) is 0 Å². The van der Waals surface area contributed by atoms with E-state index in [2.05, 4.69) is 132 Å². The first kappa shape index (κ1) is 24.7. The molecule has 0 heterocycles. The summed E-state index contributed by atoms with van der Waals surface area (Å²) in [5.74, 6) is 0. The van der Waals surface area contributed by atoms with E-state index >= 15 is 0 Å². The molecule has 5 aromatic rings. The largest absolute Gasteiger partial charge is 0.398 e. The number of hydrogen-bond acceptors (Lipinski definition) is 1. The van der Waals surface area contributed by atoms with Gasteiger partial charge in [0.15, 0.2) is 0 Å². The molecule has 0 bridgehead atoms. The molecule has 2 N–H and O–H groups in total. The van der Waals surface area contributed by atoms with Crippen LogP contribution in [0.1, 0.15) is 79.5 Å². The summed E-state index contributed by atoms with van der Waals surface area (Å²) in [5, 5.41) is 0. The fraction of sp³-hybridized carbons (Fsp3) is 0.250. The third-order valence-corrected chi connectivity index (χ3v) is 10.6. The van der Waals surface area contributed by atoms with Crippen LogP contribution in [0, 0.1) is 6.92 Å². The first-order valence-corrected chi connectivity index (χ1v) is 15.0. The van der Waals surface area contributed by atoms with Gasteiger partial charge < -0.3 is 5.73 Å². The Morgan fingerprint density at radius 1 is 0.512 bits per heavy atom. The van der Waals surface area contributed by atoms with Crippen molar-refractivity contribution in [2.45, 2.75) is 63.7 Å². The lowest BCUT2D eigenvalue weighted by Crippen LogP contribution is -2.34. The molecule has 1 nitrogen and oxygen atoms in total. The zero-order valence-electron chi connectivity index (χ0n) is 24.7. The van der Waals surface area contributed by atoms with Gasteiger partial charge in [0.25, 0.3) is 0 Å². The molecular weight excluding hydrogens is 494 g/mol. The van der Waals surface area contributed by atoms with Gasteiger partial charge in [0.05, 0.1) is 5.41 Å². The molecule has 0 saturated heterocycles. The lowest BCUT2D eigenvalue weighted by Gasteiger charge is -2.43. The van der Waals surface area contributed by atoms with E-state index in [-0.39, 0.29) is 16.2 Å². The highest BCUT2D eigenvalue weighted by molar-refractivity contribution is 5.98. The zero-order chi connectivity index (χ0) is 28.3. The van der Waals surface area contributed by atoms with Crippen molar-refractivity contribution in [3.05, 3.63) is 136 Å². The summed E-state index contributed by atoms with van der Waals surface area (Å²) >= 11 is 0. The van der Waals surface area contributed by atoms with E-state index in [0.29, 0.717) is 0 Å². The molecule has 0 aliphatic heterocycles. The molecule has 1 heteroatoms. The van der Waals surface area contributed by atoms with Gasteiger partial charge in [0, 0.05) is 11.3 Å². The third kappa shape index (κ3) is 3.02. The molecule has 202 valence electrons. The SMILES string of the molecule is Cc1ccc2c(c1-c1cc3c(cc1N)C1(c4ccccc4-c4ccccc41)c1ccccc1-3)C(C)(C)CCC2(C)C. The number of fused-ring (bicyclic) bond motifs is 11. The second-order valence-corrected chi connectivity index (χ2v) is 13.8. The van der Waals surface area contributed by atoms with Gasteiger partial charge in [-0.1, -0.05) is 113 Å². The summed E-state index contributed by atoms with van der Waals surface area (Å²) in [5.41, 5.74) is 25.4. The topological polar surface area (TPSA) is 26.0 Å². The van der Waals surface area contributed by atoms with Crippen LogP contribution in [-0.2, 0) is 16.2 Å². The molecule has 0 unspecified atom stereocenters.